The minimum Gasteiger partial charge on any atom is -0.457 e. The number of hydrogen-bond donors (Lipinski definition) is 11. The van der Waals surface area contributed by atoms with Gasteiger partial charge in [-0.3, -0.25) is 54.1 Å². The first kappa shape index (κ1) is 110. The van der Waals surface area contributed by atoms with Crippen molar-refractivity contribution >= 4 is 138 Å². The number of thiocarbonyl (C=S) groups is 1. The van der Waals surface area contributed by atoms with Crippen LogP contribution in [0.4, 0.5) is 74.7 Å². The predicted octanol–water partition coefficient (Wildman–Crippen LogP) is 19.3. The fraction of sp³-hybridized carbons (Fsp3) is 0.354. The number of rotatable bonds is 35. The number of nitrogens with two attached hydrogens (primary N) is 1. The van der Waals surface area contributed by atoms with Crippen LogP contribution in [0.3, 0.4) is 0 Å². The fourth-order valence-electron chi connectivity index (χ4n) is 12.0. The molecule has 0 aliphatic carbocycles. The number of alkyl halides is 1. The number of ether oxygens (including phenoxy) is 4. The van der Waals surface area contributed by atoms with Gasteiger partial charge in [0.05, 0.1) is 74.9 Å². The van der Waals surface area contributed by atoms with Crippen LogP contribution in [0.2, 0.25) is 0 Å². The van der Waals surface area contributed by atoms with E-state index < -0.39 is 15.8 Å². The molecule has 0 atom stereocenters. The largest absolute Gasteiger partial charge is 0.457 e. The van der Waals surface area contributed by atoms with Crippen LogP contribution in [-0.2, 0) is 37.1 Å². The van der Waals surface area contributed by atoms with E-state index in [1.807, 2.05) is 130 Å². The van der Waals surface area contributed by atoms with Crippen LogP contribution in [0.25, 0.3) is 11.0 Å². The smallest absolute Gasteiger partial charge is 0.296 e. The minimum absolute atomic E-state index is 0.0667. The van der Waals surface area contributed by atoms with Gasteiger partial charge in [-0.1, -0.05) is 121 Å². The number of fused-ring (bicyclic) bond motifs is 1. The van der Waals surface area contributed by atoms with E-state index >= 15 is 0 Å². The highest BCUT2D eigenvalue weighted by atomic mass is 35.5. The molecule has 37 heteroatoms. The SMILES string of the molecule is CC(C)(C)c1cccc(N=C=S)c1.CCN(CC)CC(=O)Nc1cc(Oc2ccc(NC)c(N)c2)ccn1.CCN(CC)CC(=O)Nc1cc(Oc2ccc(NC)c([N+](=O)[O-])c2)ccn1.CCN(CC)CC(=O)Nc1cc(Oc2ccc3c(c2)nc(Nc2cccc(C(C)(C)C)c2)n3C)ccn1.CCNCC.CCO.CNc1ccc(Oc2ccnc(NC(=O)CCl)c2)cc1[N+](=O)[O-]. The number of pyridine rings is 4. The fourth-order valence-corrected chi connectivity index (χ4v) is 12.2. The van der Waals surface area contributed by atoms with Gasteiger partial charge in [0.1, 0.15) is 86.5 Å². The van der Waals surface area contributed by atoms with Crippen molar-refractivity contribution in [2.75, 3.05) is 154 Å². The maximum atomic E-state index is 12.3. The van der Waals surface area contributed by atoms with Gasteiger partial charge in [0.2, 0.25) is 29.6 Å². The average molecular weight is 1860 g/mol. The number of nitro groups is 2. The minimum atomic E-state index is -0.503. The number of nitro benzene ring substituents is 2. The Balaban J connectivity index is 0.000000296. The molecule has 0 saturated heterocycles. The molecule has 712 valence electrons. The molecule has 0 bridgehead atoms. The third kappa shape index (κ3) is 38.6. The second kappa shape index (κ2) is 57.4. The molecule has 12 N–H and O–H groups in total. The lowest BCUT2D eigenvalue weighted by atomic mass is 9.87. The first-order valence-corrected chi connectivity index (χ1v) is 44.3. The van der Waals surface area contributed by atoms with Crippen LogP contribution >= 0.6 is 23.8 Å². The summed E-state index contributed by atoms with van der Waals surface area (Å²) in [5, 5.41) is 58.0. The first-order chi connectivity index (χ1) is 63.6. The van der Waals surface area contributed by atoms with Crippen LogP contribution in [0.15, 0.2) is 200 Å². The van der Waals surface area contributed by atoms with Crippen molar-refractivity contribution in [2.24, 2.45) is 12.0 Å². The molecular formula is C96H127ClN22O13S. The van der Waals surface area contributed by atoms with E-state index in [2.05, 4.69) is 170 Å². The third-order valence-corrected chi connectivity index (χ3v) is 19.6. The molecule has 11 aromatic rings. The number of imidazole rings is 1. The molecule has 5 aromatic heterocycles. The number of likely N-dealkylation sites (N-methyl/N-ethyl adjacent to an activating group) is 3. The number of carbonyl (C=O) groups is 4. The maximum Gasteiger partial charge on any atom is 0.296 e. The lowest BCUT2D eigenvalue weighted by Crippen LogP contribution is -2.33. The number of carbonyl (C=O) groups excluding carboxylic acids is 4. The lowest BCUT2D eigenvalue weighted by Gasteiger charge is -2.20. The Labute approximate surface area is 789 Å². The number of nitrogens with zero attached hydrogens (tertiary/aromatic N) is 12. The van der Waals surface area contributed by atoms with Gasteiger partial charge in [-0.25, -0.2) is 24.9 Å². The Kier molecular flexibility index (Phi) is 47.3. The number of nitrogens with one attached hydrogen (secondary N) is 9. The molecular weight excluding hydrogens is 1740 g/mol. The number of aliphatic hydroxyl groups is 1. The first-order valence-electron chi connectivity index (χ1n) is 43.4. The van der Waals surface area contributed by atoms with Crippen LogP contribution in [0.1, 0.15) is 115 Å². The van der Waals surface area contributed by atoms with Gasteiger partial charge < -0.3 is 82.2 Å². The van der Waals surface area contributed by atoms with Crippen molar-refractivity contribution in [1.82, 2.24) is 49.5 Å². The van der Waals surface area contributed by atoms with Crippen LogP contribution in [0, 0.1) is 20.2 Å². The summed E-state index contributed by atoms with van der Waals surface area (Å²) in [6, 6.07) is 49.8. The predicted molar refractivity (Wildman–Crippen MR) is 537 cm³/mol. The number of hydrogen-bond acceptors (Lipinski definition) is 29. The molecule has 0 radical (unpaired) electrons. The molecule has 6 aromatic carbocycles. The summed E-state index contributed by atoms with van der Waals surface area (Å²) in [5.74, 6) is 5.13. The number of aliphatic hydroxyl groups excluding tert-OH is 1. The Morgan fingerprint density at radius 2 is 0.835 bits per heavy atom. The molecule has 35 nitrogen and oxygen atoms in total. The number of isothiocyanates is 1. The molecule has 11 rings (SSSR count). The Morgan fingerprint density at radius 3 is 1.17 bits per heavy atom. The van der Waals surface area contributed by atoms with E-state index in [0.717, 1.165) is 86.4 Å². The van der Waals surface area contributed by atoms with Gasteiger partial charge in [-0.15, -0.1) is 11.6 Å². The number of halogens is 1. The highest BCUT2D eigenvalue weighted by molar-refractivity contribution is 7.78. The summed E-state index contributed by atoms with van der Waals surface area (Å²) in [7, 11) is 7.00. The summed E-state index contributed by atoms with van der Waals surface area (Å²) in [4.78, 5) is 100. The quantitative estimate of drug-likeness (QED) is 0.00439. The number of aromatic nitrogens is 6. The zero-order chi connectivity index (χ0) is 98.2. The molecule has 4 amide bonds. The number of aliphatic imine (C=N–C) groups is 1. The normalized spacial score (nSPS) is 10.6. The zero-order valence-corrected chi connectivity index (χ0v) is 80.8. The summed E-state index contributed by atoms with van der Waals surface area (Å²) in [6.07, 6.45) is 6.15. The van der Waals surface area contributed by atoms with Gasteiger partial charge in [-0.2, -0.15) is 4.99 Å². The number of anilines is 10. The van der Waals surface area contributed by atoms with E-state index in [-0.39, 0.29) is 70.5 Å². The van der Waals surface area contributed by atoms with E-state index in [4.69, 9.17) is 46.4 Å². The highest BCUT2D eigenvalue weighted by Gasteiger charge is 2.21. The molecule has 133 heavy (non-hydrogen) atoms. The number of amides is 4. The molecule has 0 unspecified atom stereocenters. The number of benzene rings is 6. The highest BCUT2D eigenvalue weighted by Crippen LogP contribution is 2.37. The van der Waals surface area contributed by atoms with Crippen LogP contribution in [-0.4, -0.2) is 194 Å². The summed E-state index contributed by atoms with van der Waals surface area (Å²) in [5.41, 5.74) is 14.4. The second-order valence-electron chi connectivity index (χ2n) is 30.9. The van der Waals surface area contributed by atoms with Gasteiger partial charge in [0.15, 0.2) is 0 Å². The monoisotopic (exact) mass is 1860 g/mol. The van der Waals surface area contributed by atoms with Gasteiger partial charge in [-0.05, 0) is 191 Å². The maximum absolute atomic E-state index is 12.3. The van der Waals surface area contributed by atoms with Crippen LogP contribution < -0.4 is 72.5 Å². The van der Waals surface area contributed by atoms with Gasteiger partial charge in [0, 0.05) is 102 Å². The van der Waals surface area contributed by atoms with Crippen molar-refractivity contribution in [1.29, 1.82) is 0 Å². The molecule has 0 aliphatic heterocycles. The van der Waals surface area contributed by atoms with Crippen molar-refractivity contribution in [3.05, 3.63) is 226 Å². The number of nitrogen functional groups attached to an aromatic ring is 1. The molecule has 0 aliphatic rings. The lowest BCUT2D eigenvalue weighted by molar-refractivity contribution is -0.384. The second-order valence-corrected chi connectivity index (χ2v) is 31.3. The van der Waals surface area contributed by atoms with E-state index in [0.29, 0.717) is 87.9 Å². The molecule has 5 heterocycles. The average Bonchev–Trinajstić information content (AvgIpc) is 1.63. The Morgan fingerprint density at radius 1 is 0.489 bits per heavy atom. The summed E-state index contributed by atoms with van der Waals surface area (Å²) in [6.45, 7) is 39.3. The van der Waals surface area contributed by atoms with Crippen LogP contribution in [0.5, 0.6) is 46.0 Å². The van der Waals surface area contributed by atoms with Crippen molar-refractivity contribution in [3.8, 4) is 46.0 Å². The van der Waals surface area contributed by atoms with Gasteiger partial charge >= 0.3 is 0 Å². The topological polar surface area (TPSA) is 437 Å². The third-order valence-electron chi connectivity index (χ3n) is 19.2. The van der Waals surface area contributed by atoms with Gasteiger partial charge in [0.25, 0.3) is 11.4 Å². The Hall–Kier alpha value is -13.8. The Bertz CT molecular complexity index is 5580. The molecule has 0 saturated carbocycles. The van der Waals surface area contributed by atoms with Crippen molar-refractivity contribution < 1.29 is 53.1 Å². The summed E-state index contributed by atoms with van der Waals surface area (Å²) >= 11 is 9.96. The summed E-state index contributed by atoms with van der Waals surface area (Å²) < 4.78 is 25.2. The van der Waals surface area contributed by atoms with Crippen molar-refractivity contribution in [2.45, 2.75) is 115 Å². The molecule has 0 spiro atoms. The van der Waals surface area contributed by atoms with E-state index in [1.165, 1.54) is 41.7 Å². The number of aryl methyl sites for hydroxylation is 1. The van der Waals surface area contributed by atoms with Crippen molar-refractivity contribution in [3.63, 3.8) is 0 Å². The molecule has 0 fully saturated rings. The zero-order valence-electron chi connectivity index (χ0n) is 79.2. The standard InChI is InChI=1S/C29H36N6O2.C18H23N5O4.C18H25N5O2.C14H13ClN4O4.C11H13NS.C4H11N.C2H6O/c1-7-35(8-2)19-27(36)33-26-18-23(14-15-30-26)37-22-12-13-25-24(17-22)32-28(34(25)6)31-21-11-9-10-20(16-21)29(3,4)5;1-4-22(5-2)12-18(24)21-17-11-14(8-9-20-17)27-13-6-7-15(19-3)16(10-13)23(25)26;1-4-23(5-2)12-18(24)22-17-11-14(8-9-21-17)25-13-6-7-16(20-3)15(19)10-13;1-16-11-3-2-9(6-12(11)19(21)22)23-10-4-5-17-13(7-10)18-14(20)8-15;1-11(2,3)9-5-4-6-10(7-9)12-8-13;1-3-5-4-2;1-2-3/h9-18H,7-8,19H2,1-6H3,(H,31,32)(H,30,33,36);6-11,19H,4-5,12H2,1-3H3,(H,20,21,24);6-11,20H,4-5,12,19H2,1-3H3,(H,21,22,24);2-7,16H,8H2,1H3,(H,17,18,20);4-7H,1-3H3;5H,3-4H2,1-2H3;3H,2H2,1H3. The van der Waals surface area contributed by atoms with E-state index in [9.17, 15) is 39.4 Å². The van der Waals surface area contributed by atoms with E-state index in [1.54, 1.807) is 106 Å².